The number of anilines is 1. The van der Waals surface area contributed by atoms with E-state index in [1.54, 1.807) is 15.6 Å². The van der Waals surface area contributed by atoms with Crippen LogP contribution < -0.4 is 4.90 Å². The number of piperidine rings is 1. The van der Waals surface area contributed by atoms with Crippen LogP contribution in [-0.2, 0) is 9.53 Å². The van der Waals surface area contributed by atoms with E-state index in [1.807, 2.05) is 6.07 Å². The van der Waals surface area contributed by atoms with Crippen molar-refractivity contribution in [2.45, 2.75) is 43.6 Å². The Bertz CT molecular complexity index is 1160. The summed E-state index contributed by atoms with van der Waals surface area (Å²) >= 11 is 0. The van der Waals surface area contributed by atoms with Crippen LogP contribution in [0, 0.1) is 11.6 Å². The highest BCUT2D eigenvalue weighted by atomic mass is 19.1. The fourth-order valence-corrected chi connectivity index (χ4v) is 5.17. The first-order valence-corrected chi connectivity index (χ1v) is 10.4. The molecule has 3 saturated heterocycles. The number of benzene rings is 1. The van der Waals surface area contributed by atoms with Gasteiger partial charge in [0.05, 0.1) is 12.2 Å². The lowest BCUT2D eigenvalue weighted by Gasteiger charge is -2.37. The van der Waals surface area contributed by atoms with Gasteiger partial charge in [0.25, 0.3) is 5.91 Å². The third-order valence-corrected chi connectivity index (χ3v) is 6.62. The number of carbonyl (C=O) groups excluding carboxylic acids is 1. The summed E-state index contributed by atoms with van der Waals surface area (Å²) in [6.45, 7) is 1.16. The molecule has 31 heavy (non-hydrogen) atoms. The average Bonchev–Trinajstić information content (AvgIpc) is 3.45. The third kappa shape index (κ3) is 2.81. The third-order valence-electron chi connectivity index (χ3n) is 6.62. The molecule has 0 aliphatic carbocycles. The van der Waals surface area contributed by atoms with Gasteiger partial charge in [0, 0.05) is 38.1 Å². The molecule has 6 rings (SSSR count). The molecule has 10 heteroatoms. The summed E-state index contributed by atoms with van der Waals surface area (Å²) in [7, 11) is 0. The number of aromatic nitrogens is 4. The van der Waals surface area contributed by atoms with Crippen LogP contribution in [0.1, 0.15) is 37.3 Å². The van der Waals surface area contributed by atoms with Gasteiger partial charge < -0.3 is 14.5 Å². The zero-order chi connectivity index (χ0) is 21.2. The standard InChI is InChI=1S/C21H20F2N6O2/c22-14-9-13(10-15(23)11-14)16-1-2-18-28(16)19(30)21(31-18)4-7-27(8-5-21)20-25-12-24-17-3-6-26-29(17)20/h3,6,9-12,16,18H,1-2,4-5,7-8H2. The first-order valence-electron chi connectivity index (χ1n) is 10.4. The molecule has 3 aliphatic heterocycles. The molecule has 2 atom stereocenters. The second-order valence-corrected chi connectivity index (χ2v) is 8.34. The Balaban J connectivity index is 1.24. The van der Waals surface area contributed by atoms with Crippen LogP contribution in [-0.4, -0.2) is 55.3 Å². The number of carbonyl (C=O) groups is 1. The van der Waals surface area contributed by atoms with Gasteiger partial charge in [-0.1, -0.05) is 0 Å². The first kappa shape index (κ1) is 18.6. The molecule has 0 N–H and O–H groups in total. The lowest BCUT2D eigenvalue weighted by atomic mass is 9.89. The molecule has 2 unspecified atom stereocenters. The van der Waals surface area contributed by atoms with Gasteiger partial charge in [0.1, 0.15) is 24.2 Å². The van der Waals surface area contributed by atoms with Crippen molar-refractivity contribution in [2.75, 3.05) is 18.0 Å². The maximum Gasteiger partial charge on any atom is 0.257 e. The summed E-state index contributed by atoms with van der Waals surface area (Å²) in [5.74, 6) is -0.673. The van der Waals surface area contributed by atoms with Crippen LogP contribution in [0.3, 0.4) is 0 Å². The Hall–Kier alpha value is -3.14. The lowest BCUT2D eigenvalue weighted by molar-refractivity contribution is -0.140. The van der Waals surface area contributed by atoms with E-state index in [0.29, 0.717) is 55.9 Å². The first-order chi connectivity index (χ1) is 15.0. The molecular formula is C21H20F2N6O2. The number of fused-ring (bicyclic) bond motifs is 2. The summed E-state index contributed by atoms with van der Waals surface area (Å²) in [4.78, 5) is 25.8. The number of hydrogen-bond donors (Lipinski definition) is 0. The maximum atomic E-state index is 13.8. The van der Waals surface area contributed by atoms with E-state index >= 15 is 0 Å². The molecule has 3 fully saturated rings. The van der Waals surface area contributed by atoms with Gasteiger partial charge in [-0.25, -0.2) is 18.7 Å². The van der Waals surface area contributed by atoms with Crippen LogP contribution in [0.15, 0.2) is 36.8 Å². The highest BCUT2D eigenvalue weighted by Gasteiger charge is 2.58. The van der Waals surface area contributed by atoms with Crippen molar-refractivity contribution >= 4 is 17.5 Å². The second kappa shape index (κ2) is 6.68. The van der Waals surface area contributed by atoms with Crippen LogP contribution in [0.2, 0.25) is 0 Å². The zero-order valence-corrected chi connectivity index (χ0v) is 16.6. The van der Waals surface area contributed by atoms with E-state index in [2.05, 4.69) is 20.0 Å². The number of ether oxygens (including phenoxy) is 1. The van der Waals surface area contributed by atoms with Crippen LogP contribution in [0.25, 0.3) is 5.65 Å². The van der Waals surface area contributed by atoms with Gasteiger partial charge in [0.15, 0.2) is 11.2 Å². The number of halogens is 2. The Morgan fingerprint density at radius 2 is 1.84 bits per heavy atom. The smallest absolute Gasteiger partial charge is 0.257 e. The Kier molecular flexibility index (Phi) is 4.01. The molecule has 2 aromatic heterocycles. The summed E-state index contributed by atoms with van der Waals surface area (Å²) in [5, 5.41) is 4.28. The predicted molar refractivity (Wildman–Crippen MR) is 105 cm³/mol. The molecule has 0 bridgehead atoms. The van der Waals surface area contributed by atoms with Gasteiger partial charge in [0.2, 0.25) is 5.95 Å². The van der Waals surface area contributed by atoms with Crippen molar-refractivity contribution in [3.05, 3.63) is 54.0 Å². The minimum Gasteiger partial charge on any atom is -0.342 e. The minimum absolute atomic E-state index is 0.0868. The van der Waals surface area contributed by atoms with Crippen molar-refractivity contribution in [3.63, 3.8) is 0 Å². The largest absolute Gasteiger partial charge is 0.342 e. The van der Waals surface area contributed by atoms with Crippen molar-refractivity contribution < 1.29 is 18.3 Å². The van der Waals surface area contributed by atoms with E-state index in [1.165, 1.54) is 18.5 Å². The molecular weight excluding hydrogens is 406 g/mol. The zero-order valence-electron chi connectivity index (χ0n) is 16.6. The van der Waals surface area contributed by atoms with E-state index in [0.717, 1.165) is 6.07 Å². The summed E-state index contributed by atoms with van der Waals surface area (Å²) in [6.07, 6.45) is 5.12. The van der Waals surface area contributed by atoms with E-state index in [4.69, 9.17) is 4.74 Å². The van der Waals surface area contributed by atoms with Crippen LogP contribution in [0.5, 0.6) is 0 Å². The Morgan fingerprint density at radius 1 is 1.06 bits per heavy atom. The predicted octanol–water partition coefficient (Wildman–Crippen LogP) is 2.46. The van der Waals surface area contributed by atoms with E-state index < -0.39 is 17.2 Å². The molecule has 3 aromatic rings. The van der Waals surface area contributed by atoms with Gasteiger partial charge in [-0.15, -0.1) is 0 Å². The molecule has 1 aromatic carbocycles. The number of rotatable bonds is 2. The quantitative estimate of drug-likeness (QED) is 0.627. The minimum atomic E-state index is -0.901. The average molecular weight is 426 g/mol. The van der Waals surface area contributed by atoms with E-state index in [9.17, 15) is 13.6 Å². The Labute approximate surface area is 176 Å². The SMILES string of the molecule is O=C1N2C(CCC2c2cc(F)cc(F)c2)OC12CCN(c1ncnc3ccnn13)CC2. The van der Waals surface area contributed by atoms with Crippen molar-refractivity contribution in [3.8, 4) is 0 Å². The maximum absolute atomic E-state index is 13.8. The highest BCUT2D eigenvalue weighted by molar-refractivity contribution is 5.88. The summed E-state index contributed by atoms with van der Waals surface area (Å²) in [5.41, 5.74) is 0.292. The van der Waals surface area contributed by atoms with Crippen molar-refractivity contribution in [2.24, 2.45) is 0 Å². The molecule has 0 saturated carbocycles. The molecule has 1 amide bonds. The number of amides is 1. The molecule has 0 radical (unpaired) electrons. The highest BCUT2D eigenvalue weighted by Crippen LogP contribution is 2.48. The van der Waals surface area contributed by atoms with Crippen molar-refractivity contribution in [1.82, 2.24) is 24.5 Å². The number of nitrogens with zero attached hydrogens (tertiary/aromatic N) is 6. The molecule has 5 heterocycles. The number of hydrogen-bond acceptors (Lipinski definition) is 6. The fourth-order valence-electron chi connectivity index (χ4n) is 5.17. The topological polar surface area (TPSA) is 75.9 Å². The monoisotopic (exact) mass is 426 g/mol. The van der Waals surface area contributed by atoms with Gasteiger partial charge in [-0.3, -0.25) is 4.79 Å². The van der Waals surface area contributed by atoms with Crippen LogP contribution in [0.4, 0.5) is 14.7 Å². The summed E-state index contributed by atoms with van der Waals surface area (Å²) < 4.78 is 35.5. The van der Waals surface area contributed by atoms with Gasteiger partial charge in [-0.2, -0.15) is 9.61 Å². The van der Waals surface area contributed by atoms with E-state index in [-0.39, 0.29) is 18.2 Å². The molecule has 1 spiro atoms. The molecule has 8 nitrogen and oxygen atoms in total. The van der Waals surface area contributed by atoms with Gasteiger partial charge in [-0.05, 0) is 30.5 Å². The molecule has 3 aliphatic rings. The van der Waals surface area contributed by atoms with Crippen LogP contribution >= 0.6 is 0 Å². The summed E-state index contributed by atoms with van der Waals surface area (Å²) in [6, 6.07) is 4.90. The lowest BCUT2D eigenvalue weighted by Crippen LogP contribution is -2.51. The second-order valence-electron chi connectivity index (χ2n) is 8.34. The Morgan fingerprint density at radius 3 is 2.61 bits per heavy atom. The van der Waals surface area contributed by atoms with Crippen molar-refractivity contribution in [1.29, 1.82) is 0 Å². The normalized spacial score (nSPS) is 25.0. The molecule has 160 valence electrons. The van der Waals surface area contributed by atoms with Gasteiger partial charge >= 0.3 is 0 Å². The fraction of sp³-hybridized carbons (Fsp3) is 0.429.